The Morgan fingerprint density at radius 2 is 2.15 bits per heavy atom. The number of benzene rings is 1. The molecular weight excluding hydrogens is 540 g/mol. The third-order valence-corrected chi connectivity index (χ3v) is 10.4. The van der Waals surface area contributed by atoms with Crippen molar-refractivity contribution in [1.29, 1.82) is 5.26 Å². The summed E-state index contributed by atoms with van der Waals surface area (Å²) < 4.78 is 13.2. The van der Waals surface area contributed by atoms with Gasteiger partial charge in [-0.25, -0.2) is 0 Å². The Hall–Kier alpha value is -2.03. The molecule has 6 rings (SSSR count). The zero-order valence-corrected chi connectivity index (χ0v) is 24.8. The van der Waals surface area contributed by atoms with Gasteiger partial charge in [-0.3, -0.25) is 20.3 Å². The lowest BCUT2D eigenvalue weighted by molar-refractivity contribution is -0.153. The number of amides is 1. The molecule has 7 atom stereocenters. The van der Waals surface area contributed by atoms with Gasteiger partial charge in [-0.05, 0) is 75.0 Å². The van der Waals surface area contributed by atoms with Gasteiger partial charge in [0.05, 0.1) is 43.5 Å². The van der Waals surface area contributed by atoms with Crippen LogP contribution in [0.3, 0.4) is 0 Å². The highest BCUT2D eigenvalue weighted by Gasteiger charge is 2.50. The van der Waals surface area contributed by atoms with Crippen molar-refractivity contribution in [1.82, 2.24) is 25.3 Å². The third-order valence-electron chi connectivity index (χ3n) is 10.2. The van der Waals surface area contributed by atoms with Crippen molar-refractivity contribution >= 4 is 17.5 Å². The number of nitrogens with one attached hydrogen (secondary N) is 2. The monoisotopic (exact) mass is 582 g/mol. The van der Waals surface area contributed by atoms with Crippen LogP contribution in [-0.4, -0.2) is 96.7 Å². The number of likely N-dealkylation sites (tertiary alicyclic amines) is 1. The molecule has 2 N–H and O–H groups in total. The Morgan fingerprint density at radius 3 is 2.93 bits per heavy atom. The quantitative estimate of drug-likeness (QED) is 0.495. The first-order valence-electron chi connectivity index (χ1n) is 15.2. The van der Waals surface area contributed by atoms with E-state index in [-0.39, 0.29) is 36.1 Å². The second-order valence-corrected chi connectivity index (χ2v) is 13.0. The summed E-state index contributed by atoms with van der Waals surface area (Å²) in [6.45, 7) is 8.06. The summed E-state index contributed by atoms with van der Waals surface area (Å²) in [5, 5.41) is 17.9. The largest absolute Gasteiger partial charge is 0.370 e. The van der Waals surface area contributed by atoms with Gasteiger partial charge >= 0.3 is 0 Å². The molecule has 41 heavy (non-hydrogen) atoms. The fraction of sp³-hybridized carbons (Fsp3) is 0.677. The van der Waals surface area contributed by atoms with E-state index in [0.29, 0.717) is 44.7 Å². The molecule has 222 valence electrons. The van der Waals surface area contributed by atoms with E-state index in [9.17, 15) is 10.1 Å². The number of halogens is 1. The molecule has 0 aromatic heterocycles. The molecule has 10 heteroatoms. The van der Waals surface area contributed by atoms with E-state index >= 15 is 0 Å². The molecule has 5 aliphatic rings. The van der Waals surface area contributed by atoms with Gasteiger partial charge in [-0.15, -0.1) is 0 Å². The summed E-state index contributed by atoms with van der Waals surface area (Å²) in [6, 6.07) is 8.99. The van der Waals surface area contributed by atoms with E-state index in [1.165, 1.54) is 23.6 Å². The zero-order valence-electron chi connectivity index (χ0n) is 24.1. The van der Waals surface area contributed by atoms with Gasteiger partial charge < -0.3 is 19.3 Å². The molecule has 3 saturated heterocycles. The minimum absolute atomic E-state index is 0.0850. The summed E-state index contributed by atoms with van der Waals surface area (Å²) in [4.78, 5) is 19.2. The molecule has 9 nitrogen and oxygen atoms in total. The summed E-state index contributed by atoms with van der Waals surface area (Å²) in [5.74, 6) is 0.257. The van der Waals surface area contributed by atoms with Crippen LogP contribution in [0, 0.1) is 17.2 Å². The van der Waals surface area contributed by atoms with Gasteiger partial charge in [0.2, 0.25) is 5.91 Å². The van der Waals surface area contributed by atoms with Crippen molar-refractivity contribution in [2.75, 3.05) is 39.8 Å². The van der Waals surface area contributed by atoms with Crippen molar-refractivity contribution in [2.45, 2.75) is 87.8 Å². The van der Waals surface area contributed by atoms with Gasteiger partial charge in [-0.1, -0.05) is 24.2 Å². The molecule has 4 fully saturated rings. The summed E-state index contributed by atoms with van der Waals surface area (Å²) in [7, 11) is 2.18. The molecule has 1 aromatic carbocycles. The number of fused-ring (bicyclic) bond motifs is 2. The zero-order chi connectivity index (χ0) is 28.6. The number of hydrogen-bond donors (Lipinski definition) is 2. The molecular formula is C31H43ClN6O3. The third kappa shape index (κ3) is 6.07. The Labute approximate surface area is 248 Å². The average molecular weight is 583 g/mol. The highest BCUT2D eigenvalue weighted by atomic mass is 35.5. The van der Waals surface area contributed by atoms with Crippen LogP contribution in [0.2, 0.25) is 5.02 Å². The average Bonchev–Trinajstić information content (AvgIpc) is 3.39. The number of hydrogen-bond acceptors (Lipinski definition) is 8. The van der Waals surface area contributed by atoms with Crippen molar-refractivity contribution in [3.63, 3.8) is 0 Å². The van der Waals surface area contributed by atoms with Crippen LogP contribution in [0.15, 0.2) is 30.9 Å². The van der Waals surface area contributed by atoms with Crippen LogP contribution in [0.4, 0.5) is 0 Å². The Balaban J connectivity index is 1.20. The van der Waals surface area contributed by atoms with Crippen LogP contribution in [-0.2, 0) is 27.3 Å². The van der Waals surface area contributed by atoms with Gasteiger partial charge in [0, 0.05) is 49.1 Å². The van der Waals surface area contributed by atoms with Crippen LogP contribution in [0.1, 0.15) is 49.7 Å². The molecule has 1 spiro atoms. The Morgan fingerprint density at radius 1 is 1.27 bits per heavy atom. The first-order chi connectivity index (χ1) is 19.9. The number of likely N-dealkylation sites (N-methyl/N-ethyl adjacent to an activating group) is 1. The van der Waals surface area contributed by atoms with Crippen LogP contribution < -0.4 is 10.6 Å². The first kappa shape index (κ1) is 29.1. The standard InChI is InChI=1S/C31H43ClN6O3/c1-3-28(39)38-14-13-37(18-24(38)9-11-33)29-26-8-10-31(16-21-6-7-23(32)15-22(21)19-41-31)17-27(26)34-30(35-29)40-20-25-5-4-12-36(25)2/h3,6-7,15,24-27,29-30,34-35H,1,4-5,8-10,12-14,16-20H2,2H3/t24?,25?,26?,27?,29?,30?,31-/m1/s1. The molecule has 1 aromatic rings. The van der Waals surface area contributed by atoms with Gasteiger partial charge in [0.15, 0.2) is 6.35 Å². The molecule has 0 bridgehead atoms. The van der Waals surface area contributed by atoms with E-state index in [1.54, 1.807) is 0 Å². The molecule has 1 aliphatic carbocycles. The molecule has 4 aliphatic heterocycles. The predicted octanol–water partition coefficient (Wildman–Crippen LogP) is 2.85. The van der Waals surface area contributed by atoms with Crippen LogP contribution in [0.5, 0.6) is 0 Å². The Kier molecular flexibility index (Phi) is 8.71. The summed E-state index contributed by atoms with van der Waals surface area (Å²) in [6.07, 6.45) is 7.67. The minimum Gasteiger partial charge on any atom is -0.370 e. The van der Waals surface area contributed by atoms with Gasteiger partial charge in [0.1, 0.15) is 0 Å². The predicted molar refractivity (Wildman–Crippen MR) is 157 cm³/mol. The molecule has 6 unspecified atom stereocenters. The Bertz CT molecular complexity index is 1180. The lowest BCUT2D eigenvalue weighted by atomic mass is 9.69. The van der Waals surface area contributed by atoms with Crippen molar-refractivity contribution < 1.29 is 14.3 Å². The van der Waals surface area contributed by atoms with Crippen LogP contribution in [0.25, 0.3) is 0 Å². The van der Waals surface area contributed by atoms with E-state index in [4.69, 9.17) is 21.1 Å². The normalized spacial score (nSPS) is 36.0. The van der Waals surface area contributed by atoms with Crippen molar-refractivity contribution in [2.24, 2.45) is 5.92 Å². The molecule has 1 saturated carbocycles. The lowest BCUT2D eigenvalue weighted by Gasteiger charge is -2.56. The maximum Gasteiger partial charge on any atom is 0.246 e. The SMILES string of the molecule is C=CC(=O)N1CCN(C2NC(OCC3CCCN3C)NC3C[C@@]4(CCC32)Cc2ccc(Cl)cc2CO4)CC1CC#N. The van der Waals surface area contributed by atoms with E-state index < -0.39 is 0 Å². The van der Waals surface area contributed by atoms with E-state index in [1.807, 2.05) is 17.0 Å². The lowest BCUT2D eigenvalue weighted by Crippen LogP contribution is -2.73. The summed E-state index contributed by atoms with van der Waals surface area (Å²) in [5.41, 5.74) is 2.33. The van der Waals surface area contributed by atoms with Crippen molar-refractivity contribution in [3.05, 3.63) is 47.0 Å². The smallest absolute Gasteiger partial charge is 0.246 e. The number of nitriles is 1. The molecule has 1 amide bonds. The first-order valence-corrected chi connectivity index (χ1v) is 15.5. The van der Waals surface area contributed by atoms with E-state index in [0.717, 1.165) is 50.2 Å². The second kappa shape index (κ2) is 12.3. The fourth-order valence-electron chi connectivity index (χ4n) is 7.88. The van der Waals surface area contributed by atoms with Gasteiger partial charge in [-0.2, -0.15) is 5.26 Å². The number of piperazine rings is 1. The van der Waals surface area contributed by atoms with Crippen LogP contribution >= 0.6 is 11.6 Å². The fourth-order valence-corrected chi connectivity index (χ4v) is 8.07. The minimum atomic E-state index is -0.276. The van der Waals surface area contributed by atoms with Crippen molar-refractivity contribution in [3.8, 4) is 6.07 Å². The number of nitrogens with zero attached hydrogens (tertiary/aromatic N) is 4. The summed E-state index contributed by atoms with van der Waals surface area (Å²) >= 11 is 6.26. The topological polar surface area (TPSA) is 93.1 Å². The number of rotatable bonds is 6. The second-order valence-electron chi connectivity index (χ2n) is 12.6. The van der Waals surface area contributed by atoms with E-state index in [2.05, 4.69) is 46.2 Å². The highest BCUT2D eigenvalue weighted by molar-refractivity contribution is 6.30. The highest BCUT2D eigenvalue weighted by Crippen LogP contribution is 2.44. The number of ether oxygens (including phenoxy) is 2. The maximum absolute atomic E-state index is 12.5. The molecule has 0 radical (unpaired) electrons. The maximum atomic E-state index is 12.5. The number of carbonyl (C=O) groups excluding carboxylic acids is 1. The number of carbonyl (C=O) groups is 1. The van der Waals surface area contributed by atoms with Gasteiger partial charge in [0.25, 0.3) is 0 Å². The molecule has 4 heterocycles.